The van der Waals surface area contributed by atoms with Gasteiger partial charge in [0.15, 0.2) is 0 Å². The maximum Gasteiger partial charge on any atom is 0.335 e. The topological polar surface area (TPSA) is 49.3 Å². The Morgan fingerprint density at radius 2 is 2.25 bits per heavy atom. The summed E-state index contributed by atoms with van der Waals surface area (Å²) in [5, 5.41) is 12.1. The first-order valence-corrected chi connectivity index (χ1v) is 5.70. The molecule has 0 aliphatic carbocycles. The number of carboxylic acid groups (broad SMARTS) is 1. The van der Waals surface area contributed by atoms with E-state index >= 15 is 0 Å². The molecule has 1 unspecified atom stereocenters. The van der Waals surface area contributed by atoms with Crippen molar-refractivity contribution < 1.29 is 9.90 Å². The average molecular weight is 221 g/mol. The van der Waals surface area contributed by atoms with E-state index < -0.39 is 5.97 Å². The minimum atomic E-state index is -0.884. The van der Waals surface area contributed by atoms with Gasteiger partial charge >= 0.3 is 5.97 Å². The molecule has 0 fully saturated rings. The van der Waals surface area contributed by atoms with Crippen LogP contribution in [0.1, 0.15) is 37.0 Å². The first-order valence-electron chi connectivity index (χ1n) is 5.70. The molecule has 0 heterocycles. The van der Waals surface area contributed by atoms with E-state index in [0.29, 0.717) is 11.5 Å². The number of aromatic carboxylic acids is 1. The molecule has 1 rings (SSSR count). The fourth-order valence-electron chi connectivity index (χ4n) is 1.65. The van der Waals surface area contributed by atoms with E-state index in [-0.39, 0.29) is 0 Å². The van der Waals surface area contributed by atoms with Crippen molar-refractivity contribution in [2.24, 2.45) is 5.92 Å². The van der Waals surface area contributed by atoms with E-state index in [2.05, 4.69) is 19.2 Å². The predicted octanol–water partition coefficient (Wildman–Crippen LogP) is 3.23. The summed E-state index contributed by atoms with van der Waals surface area (Å²) in [7, 11) is 0. The lowest BCUT2D eigenvalue weighted by molar-refractivity contribution is 0.0697. The summed E-state index contributed by atoms with van der Waals surface area (Å²) >= 11 is 0. The quantitative estimate of drug-likeness (QED) is 0.775. The Labute approximate surface area is 96.5 Å². The van der Waals surface area contributed by atoms with Crippen LogP contribution in [-0.2, 0) is 0 Å². The highest BCUT2D eigenvalue weighted by Crippen LogP contribution is 2.12. The monoisotopic (exact) mass is 221 g/mol. The Morgan fingerprint density at radius 3 is 2.88 bits per heavy atom. The summed E-state index contributed by atoms with van der Waals surface area (Å²) in [6.45, 7) is 5.25. The third kappa shape index (κ3) is 3.93. The number of nitrogens with one attached hydrogen (secondary N) is 1. The molecule has 3 nitrogen and oxygen atoms in total. The van der Waals surface area contributed by atoms with E-state index in [1.54, 1.807) is 18.2 Å². The van der Waals surface area contributed by atoms with E-state index in [1.807, 2.05) is 6.07 Å². The lowest BCUT2D eigenvalue weighted by Crippen LogP contribution is -2.11. The zero-order valence-corrected chi connectivity index (χ0v) is 9.86. The van der Waals surface area contributed by atoms with E-state index in [9.17, 15) is 4.79 Å². The van der Waals surface area contributed by atoms with Gasteiger partial charge in [-0.25, -0.2) is 4.79 Å². The number of benzene rings is 1. The van der Waals surface area contributed by atoms with Crippen LogP contribution in [0.3, 0.4) is 0 Å². The first kappa shape index (κ1) is 12.6. The maximum absolute atomic E-state index is 10.8. The van der Waals surface area contributed by atoms with Gasteiger partial charge in [0, 0.05) is 12.2 Å². The van der Waals surface area contributed by atoms with Crippen LogP contribution in [-0.4, -0.2) is 17.6 Å². The summed E-state index contributed by atoms with van der Waals surface area (Å²) in [5.41, 5.74) is 1.20. The molecule has 1 aromatic rings. The Bertz CT molecular complexity index is 350. The third-order valence-electron chi connectivity index (χ3n) is 2.55. The zero-order chi connectivity index (χ0) is 12.0. The molecule has 1 atom stereocenters. The minimum Gasteiger partial charge on any atom is -0.478 e. The van der Waals surface area contributed by atoms with E-state index in [4.69, 9.17) is 5.11 Å². The second-order valence-corrected chi connectivity index (χ2v) is 4.16. The molecule has 0 radical (unpaired) electrons. The van der Waals surface area contributed by atoms with Crippen molar-refractivity contribution in [3.8, 4) is 0 Å². The van der Waals surface area contributed by atoms with Crippen molar-refractivity contribution in [1.29, 1.82) is 0 Å². The van der Waals surface area contributed by atoms with Gasteiger partial charge in [0.2, 0.25) is 0 Å². The van der Waals surface area contributed by atoms with Crippen LogP contribution in [0.15, 0.2) is 24.3 Å². The SMILES string of the molecule is CCCC(C)CNc1cccc(C(=O)O)c1. The van der Waals surface area contributed by atoms with E-state index in [1.165, 1.54) is 12.8 Å². The number of carboxylic acids is 1. The number of rotatable bonds is 6. The molecule has 3 heteroatoms. The van der Waals surface area contributed by atoms with Gasteiger partial charge in [-0.15, -0.1) is 0 Å². The average Bonchev–Trinajstić information content (AvgIpc) is 2.27. The van der Waals surface area contributed by atoms with Crippen LogP contribution in [0.4, 0.5) is 5.69 Å². The van der Waals surface area contributed by atoms with Gasteiger partial charge in [-0.2, -0.15) is 0 Å². The van der Waals surface area contributed by atoms with Crippen molar-refractivity contribution in [2.45, 2.75) is 26.7 Å². The number of anilines is 1. The highest BCUT2D eigenvalue weighted by Gasteiger charge is 2.04. The van der Waals surface area contributed by atoms with Crippen molar-refractivity contribution in [3.63, 3.8) is 0 Å². The molecule has 0 bridgehead atoms. The van der Waals surface area contributed by atoms with Crippen molar-refractivity contribution in [3.05, 3.63) is 29.8 Å². The Hall–Kier alpha value is -1.51. The highest BCUT2D eigenvalue weighted by molar-refractivity contribution is 5.88. The molecule has 0 aromatic heterocycles. The molecule has 2 N–H and O–H groups in total. The van der Waals surface area contributed by atoms with Gasteiger partial charge in [-0.05, 0) is 30.5 Å². The zero-order valence-electron chi connectivity index (χ0n) is 9.86. The van der Waals surface area contributed by atoms with Crippen molar-refractivity contribution in [1.82, 2.24) is 0 Å². The second-order valence-electron chi connectivity index (χ2n) is 4.16. The molecule has 0 saturated carbocycles. The van der Waals surface area contributed by atoms with Crippen LogP contribution >= 0.6 is 0 Å². The second kappa shape index (κ2) is 6.16. The largest absolute Gasteiger partial charge is 0.478 e. The minimum absolute atomic E-state index is 0.327. The highest BCUT2D eigenvalue weighted by atomic mass is 16.4. The van der Waals surface area contributed by atoms with Crippen LogP contribution in [0, 0.1) is 5.92 Å². The fourth-order valence-corrected chi connectivity index (χ4v) is 1.65. The Morgan fingerprint density at radius 1 is 1.50 bits per heavy atom. The van der Waals surface area contributed by atoms with Crippen LogP contribution in [0.5, 0.6) is 0 Å². The summed E-state index contributed by atoms with van der Waals surface area (Å²) in [4.78, 5) is 10.8. The number of hydrogen-bond acceptors (Lipinski definition) is 2. The molecular weight excluding hydrogens is 202 g/mol. The summed E-state index contributed by atoms with van der Waals surface area (Å²) in [6, 6.07) is 6.92. The first-order chi connectivity index (χ1) is 7.63. The smallest absolute Gasteiger partial charge is 0.335 e. The van der Waals surface area contributed by atoms with Gasteiger partial charge in [0.05, 0.1) is 5.56 Å². The normalized spacial score (nSPS) is 12.1. The van der Waals surface area contributed by atoms with E-state index in [0.717, 1.165) is 12.2 Å². The molecule has 16 heavy (non-hydrogen) atoms. The molecule has 0 spiro atoms. The molecular formula is C13H19NO2. The molecule has 0 amide bonds. The summed E-state index contributed by atoms with van der Waals surface area (Å²) < 4.78 is 0. The molecule has 0 aliphatic heterocycles. The van der Waals surface area contributed by atoms with Gasteiger partial charge < -0.3 is 10.4 Å². The van der Waals surface area contributed by atoms with Gasteiger partial charge in [0.1, 0.15) is 0 Å². The molecule has 0 saturated heterocycles. The maximum atomic E-state index is 10.8. The summed E-state index contributed by atoms with van der Waals surface area (Å²) in [6.07, 6.45) is 2.36. The Kier molecular flexibility index (Phi) is 4.83. The molecule has 1 aromatic carbocycles. The van der Waals surface area contributed by atoms with Crippen LogP contribution in [0.25, 0.3) is 0 Å². The standard InChI is InChI=1S/C13H19NO2/c1-3-5-10(2)9-14-12-7-4-6-11(8-12)13(15)16/h4,6-8,10,14H,3,5,9H2,1-2H3,(H,15,16). The van der Waals surface area contributed by atoms with Gasteiger partial charge in [-0.3, -0.25) is 0 Å². The lowest BCUT2D eigenvalue weighted by Gasteiger charge is -2.12. The van der Waals surface area contributed by atoms with Crippen LogP contribution < -0.4 is 5.32 Å². The van der Waals surface area contributed by atoms with Gasteiger partial charge in [-0.1, -0.05) is 26.3 Å². The molecule has 0 aliphatic rings. The van der Waals surface area contributed by atoms with Crippen LogP contribution in [0.2, 0.25) is 0 Å². The predicted molar refractivity (Wildman–Crippen MR) is 66.0 cm³/mol. The Balaban J connectivity index is 2.54. The number of carbonyl (C=O) groups is 1. The lowest BCUT2D eigenvalue weighted by atomic mass is 10.1. The fraction of sp³-hybridized carbons (Fsp3) is 0.462. The molecule has 88 valence electrons. The summed E-state index contributed by atoms with van der Waals surface area (Å²) in [5.74, 6) is -0.274. The van der Waals surface area contributed by atoms with Gasteiger partial charge in [0.25, 0.3) is 0 Å². The van der Waals surface area contributed by atoms with Crippen molar-refractivity contribution in [2.75, 3.05) is 11.9 Å². The number of hydrogen-bond donors (Lipinski definition) is 2. The third-order valence-corrected chi connectivity index (χ3v) is 2.55. The van der Waals surface area contributed by atoms with Crippen molar-refractivity contribution >= 4 is 11.7 Å².